The summed E-state index contributed by atoms with van der Waals surface area (Å²) in [7, 11) is 0. The van der Waals surface area contributed by atoms with Crippen molar-refractivity contribution in [2.24, 2.45) is 0 Å². The van der Waals surface area contributed by atoms with Crippen LogP contribution in [0.5, 0.6) is 0 Å². The van der Waals surface area contributed by atoms with Gasteiger partial charge >= 0.3 is 6.18 Å². The molecule has 0 radical (unpaired) electrons. The number of hydrogen-bond donors (Lipinski definition) is 0. The predicted octanol–water partition coefficient (Wildman–Crippen LogP) is 2.64. The summed E-state index contributed by atoms with van der Waals surface area (Å²) in [6.07, 6.45) is -0.997. The van der Waals surface area contributed by atoms with Gasteiger partial charge in [-0.15, -0.1) is 0 Å². The van der Waals surface area contributed by atoms with Gasteiger partial charge in [0.2, 0.25) is 0 Å². The molecule has 0 aliphatic rings. The van der Waals surface area contributed by atoms with E-state index in [1.54, 1.807) is 6.07 Å². The molecule has 2 nitrogen and oxygen atoms in total. The monoisotopic (exact) mass is 198 g/mol. The zero-order valence-corrected chi connectivity index (χ0v) is 6.92. The summed E-state index contributed by atoms with van der Waals surface area (Å²) in [5.41, 5.74) is -0.661. The molecule has 1 heterocycles. The number of alkyl halides is 3. The van der Waals surface area contributed by atoms with Crippen LogP contribution < -0.4 is 0 Å². The van der Waals surface area contributed by atoms with Crippen LogP contribution in [0, 0.1) is 11.3 Å². The first-order chi connectivity index (χ1) is 6.54. The van der Waals surface area contributed by atoms with E-state index in [1.165, 1.54) is 12.1 Å². The minimum Gasteiger partial charge on any atom is -0.252 e. The predicted molar refractivity (Wildman–Crippen MR) is 43.9 cm³/mol. The summed E-state index contributed by atoms with van der Waals surface area (Å²) >= 11 is 0. The van der Waals surface area contributed by atoms with E-state index in [0.717, 1.165) is 18.3 Å². The Labute approximate surface area is 78.3 Å². The van der Waals surface area contributed by atoms with Crippen LogP contribution in [0.1, 0.15) is 11.3 Å². The van der Waals surface area contributed by atoms with Crippen molar-refractivity contribution < 1.29 is 13.2 Å². The second-order valence-electron chi connectivity index (χ2n) is 2.43. The van der Waals surface area contributed by atoms with Gasteiger partial charge < -0.3 is 0 Å². The Balaban J connectivity index is 3.03. The van der Waals surface area contributed by atoms with Crippen LogP contribution in [0.15, 0.2) is 24.4 Å². The van der Waals surface area contributed by atoms with Gasteiger partial charge in [0.05, 0.1) is 6.07 Å². The smallest absolute Gasteiger partial charge is 0.252 e. The van der Waals surface area contributed by atoms with Gasteiger partial charge in [-0.25, -0.2) is 0 Å². The molecule has 1 rings (SSSR count). The molecule has 0 spiro atoms. The summed E-state index contributed by atoms with van der Waals surface area (Å²) < 4.78 is 36.4. The molecule has 0 aliphatic carbocycles. The Kier molecular flexibility index (Phi) is 2.87. The van der Waals surface area contributed by atoms with Crippen molar-refractivity contribution >= 4 is 6.08 Å². The second kappa shape index (κ2) is 3.92. The molecular formula is C9H5F3N2. The van der Waals surface area contributed by atoms with Crippen molar-refractivity contribution in [3.63, 3.8) is 0 Å². The number of pyridine rings is 1. The van der Waals surface area contributed by atoms with Gasteiger partial charge in [0.25, 0.3) is 0 Å². The topological polar surface area (TPSA) is 36.7 Å². The lowest BCUT2D eigenvalue weighted by Gasteiger charge is -2.04. The maximum Gasteiger partial charge on any atom is 0.433 e. The molecule has 5 heteroatoms. The summed E-state index contributed by atoms with van der Waals surface area (Å²) in [5, 5.41) is 8.18. The zero-order chi connectivity index (χ0) is 10.6. The molecule has 0 saturated carbocycles. The highest BCUT2D eigenvalue weighted by atomic mass is 19.4. The highest BCUT2D eigenvalue weighted by Gasteiger charge is 2.32. The number of nitriles is 1. The fraction of sp³-hybridized carbons (Fsp3) is 0.111. The average molecular weight is 198 g/mol. The fourth-order valence-electron chi connectivity index (χ4n) is 0.839. The van der Waals surface area contributed by atoms with E-state index in [4.69, 9.17) is 5.26 Å². The average Bonchev–Trinajstić information content (AvgIpc) is 2.14. The number of halogens is 3. The summed E-state index contributed by atoms with van der Waals surface area (Å²) in [4.78, 5) is 3.18. The summed E-state index contributed by atoms with van der Waals surface area (Å²) in [6, 6.07) is 3.97. The van der Waals surface area contributed by atoms with E-state index in [1.807, 2.05) is 0 Å². The van der Waals surface area contributed by atoms with Crippen LogP contribution >= 0.6 is 0 Å². The first-order valence-electron chi connectivity index (χ1n) is 3.63. The molecule has 0 saturated heterocycles. The van der Waals surface area contributed by atoms with Crippen LogP contribution in [0.25, 0.3) is 6.08 Å². The van der Waals surface area contributed by atoms with Gasteiger partial charge in [0.15, 0.2) is 0 Å². The van der Waals surface area contributed by atoms with Gasteiger partial charge in [0.1, 0.15) is 5.69 Å². The van der Waals surface area contributed by atoms with Crippen molar-refractivity contribution in [2.75, 3.05) is 0 Å². The van der Waals surface area contributed by atoms with Crippen molar-refractivity contribution in [3.05, 3.63) is 35.7 Å². The molecule has 0 unspecified atom stereocenters. The highest BCUT2D eigenvalue weighted by Crippen LogP contribution is 2.27. The first-order valence-corrected chi connectivity index (χ1v) is 3.63. The number of allylic oxidation sites excluding steroid dienone is 1. The molecule has 0 N–H and O–H groups in total. The van der Waals surface area contributed by atoms with Crippen molar-refractivity contribution in [1.82, 2.24) is 4.98 Å². The third-order valence-electron chi connectivity index (χ3n) is 1.42. The maximum absolute atomic E-state index is 12.1. The van der Waals surface area contributed by atoms with Gasteiger partial charge in [-0.1, -0.05) is 0 Å². The Hall–Kier alpha value is -1.83. The van der Waals surface area contributed by atoms with Crippen molar-refractivity contribution in [3.8, 4) is 6.07 Å². The molecule has 1 aromatic heterocycles. The van der Waals surface area contributed by atoms with Crippen LogP contribution in [0.2, 0.25) is 0 Å². The molecule has 0 fully saturated rings. The number of hydrogen-bond acceptors (Lipinski definition) is 2. The van der Waals surface area contributed by atoms with Gasteiger partial charge in [-0.3, -0.25) is 4.98 Å². The van der Waals surface area contributed by atoms with Gasteiger partial charge in [-0.05, 0) is 23.8 Å². The molecular weight excluding hydrogens is 193 g/mol. The largest absolute Gasteiger partial charge is 0.433 e. The van der Waals surface area contributed by atoms with E-state index in [2.05, 4.69) is 4.98 Å². The Morgan fingerprint density at radius 2 is 2.14 bits per heavy atom. The molecule has 0 bridgehead atoms. The highest BCUT2D eigenvalue weighted by molar-refractivity contribution is 5.51. The number of rotatable bonds is 1. The van der Waals surface area contributed by atoms with Crippen molar-refractivity contribution in [2.45, 2.75) is 6.18 Å². The van der Waals surface area contributed by atoms with Crippen LogP contribution in [-0.4, -0.2) is 4.98 Å². The van der Waals surface area contributed by atoms with E-state index >= 15 is 0 Å². The number of aromatic nitrogens is 1. The molecule has 0 aromatic carbocycles. The Morgan fingerprint density at radius 1 is 1.43 bits per heavy atom. The van der Waals surface area contributed by atoms with Crippen LogP contribution in [0.4, 0.5) is 13.2 Å². The first kappa shape index (κ1) is 10.3. The zero-order valence-electron chi connectivity index (χ0n) is 6.92. The minimum atomic E-state index is -4.45. The van der Waals surface area contributed by atoms with Gasteiger partial charge in [0, 0.05) is 12.3 Å². The van der Waals surface area contributed by atoms with E-state index in [9.17, 15) is 13.2 Å². The standard InChI is InChI=1S/C9H5F3N2/c10-9(11,12)8-6-7(2-1-4-13)3-5-14-8/h1-3,5-6H. The van der Waals surface area contributed by atoms with Crippen LogP contribution in [-0.2, 0) is 6.18 Å². The normalized spacial score (nSPS) is 11.6. The molecule has 0 amide bonds. The van der Waals surface area contributed by atoms with E-state index in [-0.39, 0.29) is 0 Å². The Morgan fingerprint density at radius 3 is 2.71 bits per heavy atom. The maximum atomic E-state index is 12.1. The fourth-order valence-corrected chi connectivity index (χ4v) is 0.839. The lowest BCUT2D eigenvalue weighted by Crippen LogP contribution is -2.07. The second-order valence-corrected chi connectivity index (χ2v) is 2.43. The third-order valence-corrected chi connectivity index (χ3v) is 1.42. The minimum absolute atomic E-state index is 0.300. The molecule has 72 valence electrons. The third kappa shape index (κ3) is 2.59. The molecule has 1 aromatic rings. The lowest BCUT2D eigenvalue weighted by molar-refractivity contribution is -0.141. The Bertz CT molecular complexity index is 388. The molecule has 0 aliphatic heterocycles. The summed E-state index contributed by atoms with van der Waals surface area (Å²) in [6.45, 7) is 0. The number of nitrogens with zero attached hydrogens (tertiary/aromatic N) is 2. The van der Waals surface area contributed by atoms with Crippen molar-refractivity contribution in [1.29, 1.82) is 5.26 Å². The molecule has 14 heavy (non-hydrogen) atoms. The van der Waals surface area contributed by atoms with Gasteiger partial charge in [-0.2, -0.15) is 18.4 Å². The van der Waals surface area contributed by atoms with Crippen LogP contribution in [0.3, 0.4) is 0 Å². The van der Waals surface area contributed by atoms with E-state index < -0.39 is 11.9 Å². The lowest BCUT2D eigenvalue weighted by atomic mass is 10.2. The summed E-state index contributed by atoms with van der Waals surface area (Å²) in [5.74, 6) is 0. The SMILES string of the molecule is N#CC=Cc1ccnc(C(F)(F)F)c1. The van der Waals surface area contributed by atoms with E-state index in [0.29, 0.717) is 5.56 Å². The quantitative estimate of drug-likeness (QED) is 0.650. The molecule has 0 atom stereocenters.